The highest BCUT2D eigenvalue weighted by molar-refractivity contribution is 5.38. The maximum Gasteiger partial charge on any atom is 0.225 e. The fourth-order valence-corrected chi connectivity index (χ4v) is 1.36. The molecule has 0 atom stereocenters. The average Bonchev–Trinajstić information content (AvgIpc) is 2.20. The first kappa shape index (κ1) is 8.25. The summed E-state index contributed by atoms with van der Waals surface area (Å²) in [6.07, 6.45) is 3.29. The Labute approximate surface area is 77.0 Å². The van der Waals surface area contributed by atoms with Gasteiger partial charge in [0.15, 0.2) is 0 Å². The molecule has 3 N–H and O–H groups in total. The van der Waals surface area contributed by atoms with Crippen LogP contribution in [0, 0.1) is 0 Å². The van der Waals surface area contributed by atoms with Crippen molar-refractivity contribution in [3.8, 4) is 0 Å². The molecule has 0 aromatic carbocycles. The van der Waals surface area contributed by atoms with Crippen LogP contribution < -0.4 is 16.0 Å². The summed E-state index contributed by atoms with van der Waals surface area (Å²) in [5.41, 5.74) is 6.11. The van der Waals surface area contributed by atoms with E-state index in [1.165, 1.54) is 0 Å². The molecule has 1 fully saturated rings. The Morgan fingerprint density at radius 3 is 2.46 bits per heavy atom. The number of nitrogen functional groups attached to an aromatic ring is 1. The van der Waals surface area contributed by atoms with E-state index in [-0.39, 0.29) is 0 Å². The summed E-state index contributed by atoms with van der Waals surface area (Å²) in [5.74, 6) is 0.774. The number of nitrogens with zero attached hydrogens (tertiary/aromatic N) is 3. The Hall–Kier alpha value is -1.36. The number of nitrogens with two attached hydrogens (primary N) is 1. The van der Waals surface area contributed by atoms with Gasteiger partial charge in [-0.25, -0.2) is 9.97 Å². The van der Waals surface area contributed by atoms with Crippen molar-refractivity contribution in [3.63, 3.8) is 0 Å². The SMILES string of the molecule is Nc1cnc(N2CCNCC2)nc1. The van der Waals surface area contributed by atoms with Crippen molar-refractivity contribution >= 4 is 11.6 Å². The van der Waals surface area contributed by atoms with E-state index in [2.05, 4.69) is 20.2 Å². The lowest BCUT2D eigenvalue weighted by Gasteiger charge is -2.27. The van der Waals surface area contributed by atoms with Gasteiger partial charge in [0, 0.05) is 26.2 Å². The van der Waals surface area contributed by atoms with Crippen LogP contribution in [0.2, 0.25) is 0 Å². The normalized spacial score (nSPS) is 17.4. The fraction of sp³-hybridized carbons (Fsp3) is 0.500. The largest absolute Gasteiger partial charge is 0.396 e. The Morgan fingerprint density at radius 1 is 1.23 bits per heavy atom. The molecule has 1 aromatic rings. The minimum atomic E-state index is 0.610. The Balaban J connectivity index is 2.10. The highest BCUT2D eigenvalue weighted by Gasteiger charge is 2.11. The molecular weight excluding hydrogens is 166 g/mol. The smallest absolute Gasteiger partial charge is 0.225 e. The van der Waals surface area contributed by atoms with Gasteiger partial charge >= 0.3 is 0 Å². The first-order valence-corrected chi connectivity index (χ1v) is 4.39. The first-order chi connectivity index (χ1) is 6.36. The van der Waals surface area contributed by atoms with Crippen LogP contribution in [0.5, 0.6) is 0 Å². The number of anilines is 2. The number of aromatic nitrogens is 2. The topological polar surface area (TPSA) is 67.1 Å². The van der Waals surface area contributed by atoms with E-state index < -0.39 is 0 Å². The fourth-order valence-electron chi connectivity index (χ4n) is 1.36. The van der Waals surface area contributed by atoms with E-state index in [4.69, 9.17) is 5.73 Å². The summed E-state index contributed by atoms with van der Waals surface area (Å²) in [5, 5.41) is 3.27. The molecule has 0 radical (unpaired) electrons. The summed E-state index contributed by atoms with van der Waals surface area (Å²) in [4.78, 5) is 10.5. The van der Waals surface area contributed by atoms with Crippen LogP contribution in [-0.4, -0.2) is 36.1 Å². The van der Waals surface area contributed by atoms with Gasteiger partial charge in [-0.3, -0.25) is 0 Å². The van der Waals surface area contributed by atoms with E-state index in [9.17, 15) is 0 Å². The van der Waals surface area contributed by atoms with Gasteiger partial charge in [0.25, 0.3) is 0 Å². The number of nitrogens with one attached hydrogen (secondary N) is 1. The van der Waals surface area contributed by atoms with Gasteiger partial charge in [0.1, 0.15) is 0 Å². The minimum absolute atomic E-state index is 0.610. The zero-order valence-corrected chi connectivity index (χ0v) is 7.40. The third-order valence-electron chi connectivity index (χ3n) is 2.06. The maximum absolute atomic E-state index is 5.50. The second-order valence-corrected chi connectivity index (χ2v) is 3.05. The van der Waals surface area contributed by atoms with Gasteiger partial charge in [-0.05, 0) is 0 Å². The number of piperazine rings is 1. The van der Waals surface area contributed by atoms with E-state index in [0.717, 1.165) is 32.1 Å². The number of hydrogen-bond donors (Lipinski definition) is 2. The summed E-state index contributed by atoms with van der Waals surface area (Å²) in [6.45, 7) is 3.91. The van der Waals surface area contributed by atoms with Crippen LogP contribution in [0.15, 0.2) is 12.4 Å². The standard InChI is InChI=1S/C8H13N5/c9-7-5-11-8(12-6-7)13-3-1-10-2-4-13/h5-6,10H,1-4,9H2. The van der Waals surface area contributed by atoms with Gasteiger partial charge in [-0.2, -0.15) is 0 Å². The molecular formula is C8H13N5. The highest BCUT2D eigenvalue weighted by Crippen LogP contribution is 2.07. The van der Waals surface area contributed by atoms with Crippen molar-refractivity contribution < 1.29 is 0 Å². The molecule has 5 heteroatoms. The molecule has 1 aliphatic rings. The highest BCUT2D eigenvalue weighted by atomic mass is 15.3. The predicted octanol–water partition coefficient (Wildman–Crippen LogP) is -0.532. The summed E-state index contributed by atoms with van der Waals surface area (Å²) >= 11 is 0. The van der Waals surface area contributed by atoms with Crippen molar-refractivity contribution in [2.75, 3.05) is 36.8 Å². The predicted molar refractivity (Wildman–Crippen MR) is 51.5 cm³/mol. The molecule has 13 heavy (non-hydrogen) atoms. The molecule has 1 aliphatic heterocycles. The van der Waals surface area contributed by atoms with Crippen LogP contribution in [0.25, 0.3) is 0 Å². The summed E-state index contributed by atoms with van der Waals surface area (Å²) in [7, 11) is 0. The van der Waals surface area contributed by atoms with E-state index in [0.29, 0.717) is 5.69 Å². The van der Waals surface area contributed by atoms with Gasteiger partial charge in [0.2, 0.25) is 5.95 Å². The molecule has 1 saturated heterocycles. The Bertz CT molecular complexity index is 264. The summed E-state index contributed by atoms with van der Waals surface area (Å²) < 4.78 is 0. The molecule has 0 bridgehead atoms. The quantitative estimate of drug-likeness (QED) is 0.606. The van der Waals surface area contributed by atoms with Gasteiger partial charge < -0.3 is 16.0 Å². The third kappa shape index (κ3) is 1.86. The molecule has 2 heterocycles. The molecule has 5 nitrogen and oxygen atoms in total. The Morgan fingerprint density at radius 2 is 1.85 bits per heavy atom. The van der Waals surface area contributed by atoms with Gasteiger partial charge in [0.05, 0.1) is 18.1 Å². The number of rotatable bonds is 1. The van der Waals surface area contributed by atoms with Crippen molar-refractivity contribution in [3.05, 3.63) is 12.4 Å². The first-order valence-electron chi connectivity index (χ1n) is 4.39. The lowest BCUT2D eigenvalue weighted by Crippen LogP contribution is -2.44. The molecule has 2 rings (SSSR count). The van der Waals surface area contributed by atoms with Crippen molar-refractivity contribution in [2.24, 2.45) is 0 Å². The monoisotopic (exact) mass is 179 g/mol. The molecule has 0 unspecified atom stereocenters. The van der Waals surface area contributed by atoms with Gasteiger partial charge in [-0.15, -0.1) is 0 Å². The van der Waals surface area contributed by atoms with Gasteiger partial charge in [-0.1, -0.05) is 0 Å². The zero-order valence-electron chi connectivity index (χ0n) is 7.40. The Kier molecular flexibility index (Phi) is 2.27. The van der Waals surface area contributed by atoms with Crippen molar-refractivity contribution in [2.45, 2.75) is 0 Å². The molecule has 0 saturated carbocycles. The molecule has 1 aromatic heterocycles. The van der Waals surface area contributed by atoms with Crippen molar-refractivity contribution in [1.82, 2.24) is 15.3 Å². The molecule has 0 amide bonds. The van der Waals surface area contributed by atoms with E-state index in [1.54, 1.807) is 12.4 Å². The summed E-state index contributed by atoms with van der Waals surface area (Å²) in [6, 6.07) is 0. The van der Waals surface area contributed by atoms with Crippen LogP contribution >= 0.6 is 0 Å². The minimum Gasteiger partial charge on any atom is -0.396 e. The second kappa shape index (κ2) is 3.57. The van der Waals surface area contributed by atoms with Crippen LogP contribution in [0.3, 0.4) is 0 Å². The maximum atomic E-state index is 5.50. The molecule has 0 spiro atoms. The van der Waals surface area contributed by atoms with E-state index >= 15 is 0 Å². The van der Waals surface area contributed by atoms with Crippen LogP contribution in [0.1, 0.15) is 0 Å². The van der Waals surface area contributed by atoms with Crippen LogP contribution in [0.4, 0.5) is 11.6 Å². The number of hydrogen-bond acceptors (Lipinski definition) is 5. The average molecular weight is 179 g/mol. The third-order valence-corrected chi connectivity index (χ3v) is 2.06. The second-order valence-electron chi connectivity index (χ2n) is 3.05. The lowest BCUT2D eigenvalue weighted by atomic mass is 10.4. The van der Waals surface area contributed by atoms with Crippen LogP contribution in [-0.2, 0) is 0 Å². The lowest BCUT2D eigenvalue weighted by molar-refractivity contribution is 0.580. The zero-order chi connectivity index (χ0) is 9.10. The van der Waals surface area contributed by atoms with E-state index in [1.807, 2.05) is 0 Å². The van der Waals surface area contributed by atoms with Crippen molar-refractivity contribution in [1.29, 1.82) is 0 Å². The molecule has 70 valence electrons. The molecule has 0 aliphatic carbocycles.